The first kappa shape index (κ1) is 14.4. The minimum absolute atomic E-state index is 0.462. The molecule has 1 aliphatic heterocycles. The van der Waals surface area contributed by atoms with E-state index in [1.807, 2.05) is 30.3 Å². The zero-order valence-corrected chi connectivity index (χ0v) is 12.6. The van der Waals surface area contributed by atoms with Crippen molar-refractivity contribution in [1.82, 2.24) is 0 Å². The molecule has 0 aromatic heterocycles. The second kappa shape index (κ2) is 6.06. The number of methoxy groups -OCH3 is 1. The number of aliphatic hydroxyl groups excluding tert-OH is 1. The summed E-state index contributed by atoms with van der Waals surface area (Å²) in [6, 6.07) is 11.4. The van der Waals surface area contributed by atoms with Gasteiger partial charge in [0.05, 0.1) is 26.4 Å². The van der Waals surface area contributed by atoms with Crippen LogP contribution in [0.5, 0.6) is 5.75 Å². The van der Waals surface area contributed by atoms with Gasteiger partial charge in [-0.05, 0) is 40.5 Å². The predicted octanol–water partition coefficient (Wildman–Crippen LogP) is 3.65. The Kier molecular flexibility index (Phi) is 4.15. The van der Waals surface area contributed by atoms with Gasteiger partial charge >= 0.3 is 0 Å². The van der Waals surface area contributed by atoms with E-state index in [2.05, 4.69) is 0 Å². The Morgan fingerprint density at radius 3 is 2.81 bits per heavy atom. The highest BCUT2D eigenvalue weighted by atomic mass is 35.5. The molecule has 0 amide bonds. The molecule has 3 nitrogen and oxygen atoms in total. The molecular weight excluding hydrogens is 288 g/mol. The average molecular weight is 305 g/mol. The van der Waals surface area contributed by atoms with Crippen LogP contribution >= 0.6 is 11.6 Å². The lowest BCUT2D eigenvalue weighted by Gasteiger charge is -2.15. The Morgan fingerprint density at radius 2 is 2.00 bits per heavy atom. The largest absolute Gasteiger partial charge is 0.496 e. The summed E-state index contributed by atoms with van der Waals surface area (Å²) in [5, 5.41) is 11.1. The molecule has 1 heterocycles. The molecule has 1 atom stereocenters. The molecule has 3 rings (SSSR count). The molecule has 0 spiro atoms. The van der Waals surface area contributed by atoms with Gasteiger partial charge in [0, 0.05) is 11.4 Å². The Morgan fingerprint density at radius 1 is 1.19 bits per heavy atom. The van der Waals surface area contributed by atoms with Gasteiger partial charge in [-0.25, -0.2) is 0 Å². The summed E-state index contributed by atoms with van der Waals surface area (Å²) in [5.74, 6) is 0.739. The Balaban J connectivity index is 1.83. The van der Waals surface area contributed by atoms with E-state index < -0.39 is 6.10 Å². The fraction of sp³-hybridized carbons (Fsp3) is 0.294. The first-order chi connectivity index (χ1) is 10.2. The predicted molar refractivity (Wildman–Crippen MR) is 81.6 cm³/mol. The lowest BCUT2D eigenvalue weighted by molar-refractivity contribution is 0.134. The third-order valence-corrected chi connectivity index (χ3v) is 4.02. The first-order valence-corrected chi connectivity index (χ1v) is 7.25. The molecule has 0 fully saturated rings. The summed E-state index contributed by atoms with van der Waals surface area (Å²) in [7, 11) is 1.62. The third kappa shape index (κ3) is 3.05. The number of benzene rings is 2. The first-order valence-electron chi connectivity index (χ1n) is 6.87. The van der Waals surface area contributed by atoms with Crippen molar-refractivity contribution in [2.45, 2.75) is 25.7 Å². The van der Waals surface area contributed by atoms with Crippen molar-refractivity contribution >= 4 is 11.6 Å². The van der Waals surface area contributed by atoms with Gasteiger partial charge in [0.15, 0.2) is 0 Å². The van der Waals surface area contributed by atoms with Crippen molar-refractivity contribution in [1.29, 1.82) is 0 Å². The van der Waals surface area contributed by atoms with Crippen LogP contribution in [0.3, 0.4) is 0 Å². The lowest BCUT2D eigenvalue weighted by atomic mass is 9.97. The van der Waals surface area contributed by atoms with E-state index >= 15 is 0 Å². The monoisotopic (exact) mass is 304 g/mol. The minimum atomic E-state index is -0.594. The van der Waals surface area contributed by atoms with Gasteiger partial charge in [0.2, 0.25) is 0 Å². The second-order valence-corrected chi connectivity index (χ2v) is 5.63. The molecule has 0 radical (unpaired) electrons. The van der Waals surface area contributed by atoms with E-state index in [1.165, 1.54) is 5.56 Å². The van der Waals surface area contributed by atoms with Gasteiger partial charge in [-0.15, -0.1) is 0 Å². The van der Waals surface area contributed by atoms with E-state index in [4.69, 9.17) is 21.1 Å². The van der Waals surface area contributed by atoms with Crippen molar-refractivity contribution in [2.24, 2.45) is 0 Å². The molecule has 110 valence electrons. The molecule has 1 N–H and O–H groups in total. The fourth-order valence-electron chi connectivity index (χ4n) is 2.63. The summed E-state index contributed by atoms with van der Waals surface area (Å²) >= 11 is 6.03. The van der Waals surface area contributed by atoms with Crippen molar-refractivity contribution in [3.63, 3.8) is 0 Å². The minimum Gasteiger partial charge on any atom is -0.496 e. The summed E-state index contributed by atoms with van der Waals surface area (Å²) in [6.07, 6.45) is -0.133. The van der Waals surface area contributed by atoms with E-state index in [-0.39, 0.29) is 0 Å². The Hall–Kier alpha value is -1.55. The molecule has 21 heavy (non-hydrogen) atoms. The standard InChI is InChI=1S/C17H17ClO3/c1-20-17-5-4-15(18)7-13(17)8-16(19)11-2-3-12-9-21-10-14(12)6-11/h2-7,16,19H,8-10H2,1H3. The van der Waals surface area contributed by atoms with Gasteiger partial charge in [-0.1, -0.05) is 29.8 Å². The van der Waals surface area contributed by atoms with Crippen LogP contribution in [0, 0.1) is 0 Å². The van der Waals surface area contributed by atoms with Crippen LogP contribution < -0.4 is 4.74 Å². The van der Waals surface area contributed by atoms with Gasteiger partial charge < -0.3 is 14.6 Å². The topological polar surface area (TPSA) is 38.7 Å². The van der Waals surface area contributed by atoms with Gasteiger partial charge in [-0.3, -0.25) is 0 Å². The normalized spacial score (nSPS) is 14.8. The van der Waals surface area contributed by atoms with Crippen molar-refractivity contribution in [2.75, 3.05) is 7.11 Å². The van der Waals surface area contributed by atoms with Crippen LogP contribution in [0.4, 0.5) is 0 Å². The van der Waals surface area contributed by atoms with Gasteiger partial charge in [-0.2, -0.15) is 0 Å². The highest BCUT2D eigenvalue weighted by Crippen LogP contribution is 2.29. The maximum atomic E-state index is 10.5. The molecule has 2 aromatic rings. The zero-order valence-electron chi connectivity index (χ0n) is 11.8. The number of rotatable bonds is 4. The SMILES string of the molecule is COc1ccc(Cl)cc1CC(O)c1ccc2c(c1)COC2. The third-order valence-electron chi connectivity index (χ3n) is 3.79. The number of ether oxygens (including phenoxy) is 2. The van der Waals surface area contributed by atoms with Crippen molar-refractivity contribution < 1.29 is 14.6 Å². The van der Waals surface area contributed by atoms with Crippen LogP contribution in [0.25, 0.3) is 0 Å². The number of hydrogen-bond donors (Lipinski definition) is 1. The molecule has 4 heteroatoms. The Bertz CT molecular complexity index is 654. The summed E-state index contributed by atoms with van der Waals surface area (Å²) < 4.78 is 10.7. The van der Waals surface area contributed by atoms with Crippen molar-refractivity contribution in [3.05, 3.63) is 63.7 Å². The van der Waals surface area contributed by atoms with Crippen LogP contribution in [0.1, 0.15) is 28.4 Å². The number of fused-ring (bicyclic) bond motifs is 1. The van der Waals surface area contributed by atoms with Crippen LogP contribution in [0.2, 0.25) is 5.02 Å². The van der Waals surface area contributed by atoms with Crippen LogP contribution in [-0.2, 0) is 24.4 Å². The Labute approximate surface area is 129 Å². The van der Waals surface area contributed by atoms with E-state index in [0.717, 1.165) is 22.4 Å². The highest BCUT2D eigenvalue weighted by Gasteiger charge is 2.16. The quantitative estimate of drug-likeness (QED) is 0.937. The van der Waals surface area contributed by atoms with E-state index in [0.29, 0.717) is 24.7 Å². The van der Waals surface area contributed by atoms with Gasteiger partial charge in [0.1, 0.15) is 5.75 Å². The molecule has 0 saturated carbocycles. The summed E-state index contributed by atoms with van der Waals surface area (Å²) in [5.41, 5.74) is 4.14. The maximum absolute atomic E-state index is 10.5. The smallest absolute Gasteiger partial charge is 0.122 e. The number of halogens is 1. The van der Waals surface area contributed by atoms with Crippen molar-refractivity contribution in [3.8, 4) is 5.75 Å². The lowest BCUT2D eigenvalue weighted by Crippen LogP contribution is -2.04. The number of hydrogen-bond acceptors (Lipinski definition) is 3. The second-order valence-electron chi connectivity index (χ2n) is 5.20. The maximum Gasteiger partial charge on any atom is 0.122 e. The molecule has 0 aliphatic carbocycles. The van der Waals surface area contributed by atoms with Gasteiger partial charge in [0.25, 0.3) is 0 Å². The average Bonchev–Trinajstić information content (AvgIpc) is 2.94. The molecule has 1 unspecified atom stereocenters. The molecule has 2 aromatic carbocycles. The zero-order chi connectivity index (χ0) is 14.8. The van der Waals surface area contributed by atoms with E-state index in [9.17, 15) is 5.11 Å². The summed E-state index contributed by atoms with van der Waals surface area (Å²) in [6.45, 7) is 1.28. The molecule has 1 aliphatic rings. The number of aliphatic hydroxyl groups is 1. The van der Waals surface area contributed by atoms with Crippen LogP contribution in [0.15, 0.2) is 36.4 Å². The molecule has 0 saturated heterocycles. The molecule has 0 bridgehead atoms. The highest BCUT2D eigenvalue weighted by molar-refractivity contribution is 6.30. The van der Waals surface area contributed by atoms with E-state index in [1.54, 1.807) is 13.2 Å². The molecular formula is C17H17ClO3. The fourth-order valence-corrected chi connectivity index (χ4v) is 2.83. The summed E-state index contributed by atoms with van der Waals surface area (Å²) in [4.78, 5) is 0. The van der Waals surface area contributed by atoms with Crippen LogP contribution in [-0.4, -0.2) is 12.2 Å².